The highest BCUT2D eigenvalue weighted by Gasteiger charge is 2.59. The van der Waals surface area contributed by atoms with E-state index in [1.807, 2.05) is 42.5 Å². The van der Waals surface area contributed by atoms with E-state index in [1.54, 1.807) is 0 Å². The average molecular weight is 326 g/mol. The van der Waals surface area contributed by atoms with Gasteiger partial charge in [-0.25, -0.2) is 4.79 Å². The molecule has 0 spiro atoms. The number of rotatable bonds is 4. The Kier molecular flexibility index (Phi) is 3.59. The fraction of sp³-hybridized carbons (Fsp3) is 0.389. The molecule has 1 aliphatic heterocycles. The molecule has 1 aromatic carbocycles. The number of likely N-dealkylation sites (tertiary alicyclic amines) is 1. The number of alkyl carbamates (subject to hydrolysis) is 1. The van der Waals surface area contributed by atoms with E-state index in [0.717, 1.165) is 16.9 Å². The summed E-state index contributed by atoms with van der Waals surface area (Å²) in [6, 6.07) is 9.31. The molecule has 6 heteroatoms. The number of carbonyl (C=O) groups is 3. The van der Waals surface area contributed by atoms with Crippen LogP contribution in [0.5, 0.6) is 0 Å². The fourth-order valence-corrected chi connectivity index (χ4v) is 4.04. The van der Waals surface area contributed by atoms with Crippen molar-refractivity contribution in [3.05, 3.63) is 48.0 Å². The van der Waals surface area contributed by atoms with Crippen molar-refractivity contribution >= 4 is 17.9 Å². The molecule has 124 valence electrons. The summed E-state index contributed by atoms with van der Waals surface area (Å²) in [5.74, 6) is -0.488. The van der Waals surface area contributed by atoms with E-state index in [4.69, 9.17) is 4.74 Å². The van der Waals surface area contributed by atoms with Crippen molar-refractivity contribution in [1.29, 1.82) is 0 Å². The second-order valence-corrected chi connectivity index (χ2v) is 6.50. The first-order valence-corrected chi connectivity index (χ1v) is 8.13. The smallest absolute Gasteiger partial charge is 0.408 e. The van der Waals surface area contributed by atoms with Gasteiger partial charge in [-0.15, -0.1) is 0 Å². The van der Waals surface area contributed by atoms with E-state index in [1.165, 1.54) is 0 Å². The third-order valence-electron chi connectivity index (χ3n) is 5.16. The van der Waals surface area contributed by atoms with Gasteiger partial charge in [0, 0.05) is 0 Å². The minimum atomic E-state index is -0.641. The highest BCUT2D eigenvalue weighted by Crippen LogP contribution is 2.52. The van der Waals surface area contributed by atoms with Gasteiger partial charge in [0.1, 0.15) is 13.3 Å². The summed E-state index contributed by atoms with van der Waals surface area (Å²) in [5.41, 5.74) is 0.873. The van der Waals surface area contributed by atoms with Crippen LogP contribution in [0.4, 0.5) is 4.79 Å². The van der Waals surface area contributed by atoms with Crippen LogP contribution in [0.1, 0.15) is 12.0 Å². The summed E-state index contributed by atoms with van der Waals surface area (Å²) in [7, 11) is 0. The van der Waals surface area contributed by atoms with Crippen LogP contribution in [0.2, 0.25) is 0 Å². The van der Waals surface area contributed by atoms with Crippen LogP contribution in [0.3, 0.4) is 0 Å². The number of ether oxygens (including phenoxy) is 1. The number of nitrogens with one attached hydrogen (secondary N) is 1. The van der Waals surface area contributed by atoms with Gasteiger partial charge in [0.05, 0.1) is 11.8 Å². The van der Waals surface area contributed by atoms with Crippen molar-refractivity contribution in [3.63, 3.8) is 0 Å². The molecule has 0 unspecified atom stereocenters. The molecule has 1 N–H and O–H groups in total. The lowest BCUT2D eigenvalue weighted by Crippen LogP contribution is -2.42. The van der Waals surface area contributed by atoms with Crippen LogP contribution in [0.15, 0.2) is 42.5 Å². The van der Waals surface area contributed by atoms with Gasteiger partial charge in [-0.1, -0.05) is 42.5 Å². The number of allylic oxidation sites excluding steroid dienone is 2. The van der Waals surface area contributed by atoms with Crippen molar-refractivity contribution in [2.24, 2.45) is 23.7 Å². The van der Waals surface area contributed by atoms with Crippen molar-refractivity contribution in [2.75, 3.05) is 6.67 Å². The lowest BCUT2D eigenvalue weighted by atomic mass is 9.85. The molecule has 4 atom stereocenters. The summed E-state index contributed by atoms with van der Waals surface area (Å²) in [6.45, 7) is 0.0195. The summed E-state index contributed by atoms with van der Waals surface area (Å²) in [5, 5.41) is 2.50. The summed E-state index contributed by atoms with van der Waals surface area (Å²) < 4.78 is 5.10. The average Bonchev–Trinajstić information content (AvgIpc) is 3.27. The standard InChI is InChI=1S/C18H18N2O4/c21-16-14-12-6-7-13(8-12)15(14)17(22)20(16)10-19-18(23)24-9-11-4-2-1-3-5-11/h1-7,12-15H,8-10H2,(H,19,23)/t12-,13-,14-,15-/m0/s1. The first-order valence-electron chi connectivity index (χ1n) is 8.13. The zero-order valence-corrected chi connectivity index (χ0v) is 13.1. The Morgan fingerprint density at radius 1 is 1.08 bits per heavy atom. The molecule has 1 saturated heterocycles. The molecule has 0 radical (unpaired) electrons. The molecule has 6 nitrogen and oxygen atoms in total. The molecule has 4 rings (SSSR count). The molecule has 3 amide bonds. The molecule has 0 aromatic heterocycles. The molecule has 1 aromatic rings. The fourth-order valence-electron chi connectivity index (χ4n) is 4.04. The van der Waals surface area contributed by atoms with Crippen molar-refractivity contribution in [1.82, 2.24) is 10.2 Å². The highest BCUT2D eigenvalue weighted by atomic mass is 16.5. The Bertz CT molecular complexity index is 685. The van der Waals surface area contributed by atoms with Crippen molar-refractivity contribution in [2.45, 2.75) is 13.0 Å². The quantitative estimate of drug-likeness (QED) is 0.675. The van der Waals surface area contributed by atoms with Gasteiger partial charge in [-0.3, -0.25) is 14.5 Å². The van der Waals surface area contributed by atoms with Crippen LogP contribution in [0, 0.1) is 23.7 Å². The number of carbonyl (C=O) groups excluding carboxylic acids is 3. The maximum Gasteiger partial charge on any atom is 0.408 e. The first kappa shape index (κ1) is 14.9. The minimum absolute atomic E-state index is 0.127. The van der Waals surface area contributed by atoms with Gasteiger partial charge in [0.25, 0.3) is 0 Å². The summed E-state index contributed by atoms with van der Waals surface area (Å²) in [4.78, 5) is 37.9. The number of benzene rings is 1. The summed E-state index contributed by atoms with van der Waals surface area (Å²) in [6.07, 6.45) is 4.34. The molecule has 2 fully saturated rings. The van der Waals surface area contributed by atoms with Crippen molar-refractivity contribution in [3.8, 4) is 0 Å². The topological polar surface area (TPSA) is 75.7 Å². The van der Waals surface area contributed by atoms with Crippen LogP contribution in [-0.2, 0) is 20.9 Å². The van der Waals surface area contributed by atoms with Gasteiger partial charge in [-0.05, 0) is 23.8 Å². The number of amides is 3. The Morgan fingerprint density at radius 2 is 1.71 bits per heavy atom. The third kappa shape index (κ3) is 2.38. The molecule has 1 heterocycles. The molecule has 2 aliphatic carbocycles. The molecule has 24 heavy (non-hydrogen) atoms. The monoisotopic (exact) mass is 326 g/mol. The molecular weight excluding hydrogens is 308 g/mol. The lowest BCUT2D eigenvalue weighted by Gasteiger charge is -2.17. The van der Waals surface area contributed by atoms with Crippen molar-refractivity contribution < 1.29 is 19.1 Å². The molecule has 1 saturated carbocycles. The van der Waals surface area contributed by atoms with Crippen LogP contribution < -0.4 is 5.32 Å². The second kappa shape index (κ2) is 5.78. The number of fused-ring (bicyclic) bond motifs is 5. The maximum atomic E-state index is 12.5. The predicted octanol–water partition coefficient (Wildman–Crippen LogP) is 1.68. The van der Waals surface area contributed by atoms with E-state index in [0.29, 0.717) is 0 Å². The van der Waals surface area contributed by atoms with E-state index in [2.05, 4.69) is 5.32 Å². The highest BCUT2D eigenvalue weighted by molar-refractivity contribution is 6.06. The zero-order valence-electron chi connectivity index (χ0n) is 13.1. The normalized spacial score (nSPS) is 29.9. The lowest BCUT2D eigenvalue weighted by molar-refractivity contribution is -0.140. The maximum absolute atomic E-state index is 12.5. The van der Waals surface area contributed by atoms with E-state index >= 15 is 0 Å². The van der Waals surface area contributed by atoms with Gasteiger partial charge >= 0.3 is 6.09 Å². The largest absolute Gasteiger partial charge is 0.445 e. The van der Waals surface area contributed by atoms with Crippen LogP contribution in [0.25, 0.3) is 0 Å². The van der Waals surface area contributed by atoms with E-state index in [-0.39, 0.29) is 48.8 Å². The van der Waals surface area contributed by atoms with Gasteiger partial charge in [-0.2, -0.15) is 0 Å². The molecular formula is C18H18N2O4. The second-order valence-electron chi connectivity index (χ2n) is 6.50. The van der Waals surface area contributed by atoms with Gasteiger partial charge in [0.2, 0.25) is 11.8 Å². The third-order valence-corrected chi connectivity index (χ3v) is 5.16. The Morgan fingerprint density at radius 3 is 2.33 bits per heavy atom. The zero-order chi connectivity index (χ0) is 16.7. The summed E-state index contributed by atoms with van der Waals surface area (Å²) >= 11 is 0. The van der Waals surface area contributed by atoms with E-state index in [9.17, 15) is 14.4 Å². The number of imide groups is 1. The molecule has 3 aliphatic rings. The Labute approximate surface area is 139 Å². The predicted molar refractivity (Wildman–Crippen MR) is 84.2 cm³/mol. The minimum Gasteiger partial charge on any atom is -0.445 e. The van der Waals surface area contributed by atoms with E-state index < -0.39 is 6.09 Å². The Hall–Kier alpha value is -2.63. The number of hydrogen-bond donors (Lipinski definition) is 1. The molecule has 2 bridgehead atoms. The van der Waals surface area contributed by atoms with Crippen LogP contribution >= 0.6 is 0 Å². The number of hydrogen-bond acceptors (Lipinski definition) is 4. The Balaban J connectivity index is 1.31. The van der Waals surface area contributed by atoms with Gasteiger partial charge in [0.15, 0.2) is 0 Å². The first-order chi connectivity index (χ1) is 11.6. The SMILES string of the molecule is O=C(NCN1C(=O)[C@@H]2[C@@H](C1=O)[C@H]1C=C[C@H]2C1)OCc1ccccc1. The van der Waals surface area contributed by atoms with Crippen LogP contribution in [-0.4, -0.2) is 29.5 Å². The number of nitrogens with zero attached hydrogens (tertiary/aromatic N) is 1. The van der Waals surface area contributed by atoms with Gasteiger partial charge < -0.3 is 10.1 Å².